The minimum Gasteiger partial charge on any atom is -0.0616 e. The third-order valence-electron chi connectivity index (χ3n) is 10.8. The molecule has 10 rings (SSSR count). The fraction of sp³-hybridized carbons (Fsp3) is 0.0638. The molecule has 0 heterocycles. The first-order valence-corrected chi connectivity index (χ1v) is 16.6. The first-order valence-electron chi connectivity index (χ1n) is 16.6. The molecule has 0 fully saturated rings. The van der Waals surface area contributed by atoms with Crippen LogP contribution in [0.1, 0.15) is 25.0 Å². The first-order chi connectivity index (χ1) is 23.1. The Labute approximate surface area is 274 Å². The van der Waals surface area contributed by atoms with Gasteiger partial charge in [-0.2, -0.15) is 0 Å². The Morgan fingerprint density at radius 3 is 1.32 bits per heavy atom. The predicted octanol–water partition coefficient (Wildman–Crippen LogP) is 13.1. The summed E-state index contributed by atoms with van der Waals surface area (Å²) in [5, 5.41) is 13.1. The molecule has 0 saturated heterocycles. The highest BCUT2D eigenvalue weighted by atomic mass is 14.4. The van der Waals surface area contributed by atoms with Crippen molar-refractivity contribution in [3.8, 4) is 33.4 Å². The Bertz CT molecular complexity index is 2700. The van der Waals surface area contributed by atoms with Gasteiger partial charge in [-0.05, 0) is 98.4 Å². The van der Waals surface area contributed by atoms with E-state index in [1.165, 1.54) is 98.4 Å². The third-order valence-corrected chi connectivity index (χ3v) is 10.8. The van der Waals surface area contributed by atoms with Crippen LogP contribution >= 0.6 is 0 Å². The quantitative estimate of drug-likeness (QED) is 0.138. The zero-order valence-electron chi connectivity index (χ0n) is 26.5. The van der Waals surface area contributed by atoms with Gasteiger partial charge in [0, 0.05) is 5.41 Å². The van der Waals surface area contributed by atoms with Gasteiger partial charge < -0.3 is 0 Å². The van der Waals surface area contributed by atoms with E-state index >= 15 is 0 Å². The summed E-state index contributed by atoms with van der Waals surface area (Å²) in [5.41, 5.74) is 10.7. The Hall–Kier alpha value is -5.72. The van der Waals surface area contributed by atoms with Crippen molar-refractivity contribution in [3.05, 3.63) is 169 Å². The summed E-state index contributed by atoms with van der Waals surface area (Å²) < 4.78 is 0. The fourth-order valence-electron chi connectivity index (χ4n) is 8.89. The molecular weight excluding hydrogens is 565 g/mol. The van der Waals surface area contributed by atoms with E-state index in [2.05, 4.69) is 172 Å². The SMILES string of the molecule is CC1(C)c2cccc(-c3c4ccccc4c(-c4cccc5ccccc45)c4ccccc34)c2-c2c1c1ccccc1c1ccccc21. The number of hydrogen-bond donors (Lipinski definition) is 0. The summed E-state index contributed by atoms with van der Waals surface area (Å²) in [4.78, 5) is 0. The average Bonchev–Trinajstić information content (AvgIpc) is 3.37. The second-order valence-corrected chi connectivity index (χ2v) is 13.6. The second kappa shape index (κ2) is 9.64. The molecule has 9 aromatic rings. The number of hydrogen-bond acceptors (Lipinski definition) is 0. The first kappa shape index (κ1) is 26.5. The summed E-state index contributed by atoms with van der Waals surface area (Å²) >= 11 is 0. The van der Waals surface area contributed by atoms with E-state index in [0.717, 1.165) is 0 Å². The van der Waals surface area contributed by atoms with Crippen molar-refractivity contribution in [3.63, 3.8) is 0 Å². The second-order valence-electron chi connectivity index (χ2n) is 13.6. The molecule has 0 N–H and O–H groups in total. The van der Waals surface area contributed by atoms with E-state index in [9.17, 15) is 0 Å². The molecule has 0 atom stereocenters. The molecule has 1 aliphatic carbocycles. The zero-order valence-corrected chi connectivity index (χ0v) is 26.5. The summed E-state index contributed by atoms with van der Waals surface area (Å²) in [5.74, 6) is 0. The molecule has 0 nitrogen and oxygen atoms in total. The van der Waals surface area contributed by atoms with E-state index in [1.807, 2.05) is 0 Å². The van der Waals surface area contributed by atoms with Gasteiger partial charge in [-0.15, -0.1) is 0 Å². The van der Waals surface area contributed by atoms with E-state index in [1.54, 1.807) is 0 Å². The Kier molecular flexibility index (Phi) is 5.44. The van der Waals surface area contributed by atoms with Gasteiger partial charge in [0.1, 0.15) is 0 Å². The maximum absolute atomic E-state index is 2.42. The van der Waals surface area contributed by atoms with Crippen molar-refractivity contribution in [1.82, 2.24) is 0 Å². The molecule has 0 unspecified atom stereocenters. The van der Waals surface area contributed by atoms with Crippen LogP contribution in [-0.4, -0.2) is 0 Å². The maximum Gasteiger partial charge on any atom is 0.0165 e. The molecular formula is C47H32. The van der Waals surface area contributed by atoms with Crippen LogP contribution in [0, 0.1) is 0 Å². The lowest BCUT2D eigenvalue weighted by molar-refractivity contribution is 0.666. The number of fused-ring (bicyclic) bond motifs is 11. The van der Waals surface area contributed by atoms with Gasteiger partial charge in [0.05, 0.1) is 0 Å². The van der Waals surface area contributed by atoms with E-state index < -0.39 is 0 Å². The van der Waals surface area contributed by atoms with Crippen molar-refractivity contribution in [1.29, 1.82) is 0 Å². The highest BCUT2D eigenvalue weighted by Gasteiger charge is 2.40. The minimum absolute atomic E-state index is 0.154. The third kappa shape index (κ3) is 3.53. The van der Waals surface area contributed by atoms with Crippen LogP contribution in [0.5, 0.6) is 0 Å². The van der Waals surface area contributed by atoms with Gasteiger partial charge >= 0.3 is 0 Å². The van der Waals surface area contributed by atoms with E-state index in [0.29, 0.717) is 0 Å². The fourth-order valence-corrected chi connectivity index (χ4v) is 8.89. The maximum atomic E-state index is 2.42. The molecule has 0 heteroatoms. The Morgan fingerprint density at radius 2 is 0.702 bits per heavy atom. The highest BCUT2D eigenvalue weighted by molar-refractivity contribution is 6.26. The Morgan fingerprint density at radius 1 is 0.298 bits per heavy atom. The lowest BCUT2D eigenvalue weighted by Crippen LogP contribution is -2.15. The minimum atomic E-state index is -0.154. The standard InChI is InChI=1S/C47H32/c1-47(2)41-28-14-27-40(44(41)45-34-20-7-5-18-31(34)32-19-6-12-25-39(32)46(45)47)43-37-23-10-8-21-35(37)42(36-22-9-11-24-38(36)43)33-26-13-16-29-15-3-4-17-30(29)33/h3-28H,1-2H3. The van der Waals surface area contributed by atoms with E-state index in [-0.39, 0.29) is 5.41 Å². The van der Waals surface area contributed by atoms with Crippen LogP contribution in [0.3, 0.4) is 0 Å². The van der Waals surface area contributed by atoms with Crippen molar-refractivity contribution in [2.75, 3.05) is 0 Å². The topological polar surface area (TPSA) is 0 Å². The van der Waals surface area contributed by atoms with Crippen molar-refractivity contribution in [2.24, 2.45) is 0 Å². The molecule has 47 heavy (non-hydrogen) atoms. The molecule has 220 valence electrons. The van der Waals surface area contributed by atoms with Crippen LogP contribution in [0.25, 0.3) is 87.2 Å². The summed E-state index contributed by atoms with van der Waals surface area (Å²) in [6, 6.07) is 58.7. The normalized spacial score (nSPS) is 13.5. The number of rotatable bonds is 2. The van der Waals surface area contributed by atoms with Crippen molar-refractivity contribution in [2.45, 2.75) is 19.3 Å². The average molecular weight is 597 g/mol. The van der Waals surface area contributed by atoms with Crippen LogP contribution in [0.15, 0.2) is 158 Å². The van der Waals surface area contributed by atoms with Gasteiger partial charge in [-0.25, -0.2) is 0 Å². The van der Waals surface area contributed by atoms with Crippen LogP contribution < -0.4 is 0 Å². The Balaban J connectivity index is 1.39. The molecule has 0 bridgehead atoms. The van der Waals surface area contributed by atoms with Crippen LogP contribution in [0.2, 0.25) is 0 Å². The van der Waals surface area contributed by atoms with Gasteiger partial charge in [0.15, 0.2) is 0 Å². The monoisotopic (exact) mass is 596 g/mol. The molecule has 1 aliphatic rings. The van der Waals surface area contributed by atoms with Crippen molar-refractivity contribution < 1.29 is 0 Å². The van der Waals surface area contributed by atoms with Crippen LogP contribution in [-0.2, 0) is 5.41 Å². The van der Waals surface area contributed by atoms with Gasteiger partial charge in [-0.1, -0.05) is 172 Å². The largest absolute Gasteiger partial charge is 0.0616 e. The van der Waals surface area contributed by atoms with E-state index in [4.69, 9.17) is 0 Å². The zero-order chi connectivity index (χ0) is 31.3. The lowest BCUT2D eigenvalue weighted by Gasteiger charge is -2.24. The molecule has 0 amide bonds. The molecule has 9 aromatic carbocycles. The summed E-state index contributed by atoms with van der Waals surface area (Å²) in [6.07, 6.45) is 0. The molecule has 0 radical (unpaired) electrons. The molecule has 0 aromatic heterocycles. The van der Waals surface area contributed by atoms with Gasteiger partial charge in [-0.3, -0.25) is 0 Å². The lowest BCUT2D eigenvalue weighted by atomic mass is 9.79. The molecule has 0 aliphatic heterocycles. The highest BCUT2D eigenvalue weighted by Crippen LogP contribution is 2.58. The summed E-state index contributed by atoms with van der Waals surface area (Å²) in [6.45, 7) is 4.84. The molecule has 0 spiro atoms. The van der Waals surface area contributed by atoms with Crippen LogP contribution in [0.4, 0.5) is 0 Å². The van der Waals surface area contributed by atoms with Crippen molar-refractivity contribution >= 4 is 53.9 Å². The molecule has 0 saturated carbocycles. The van der Waals surface area contributed by atoms with Gasteiger partial charge in [0.2, 0.25) is 0 Å². The smallest absolute Gasteiger partial charge is 0.0165 e. The van der Waals surface area contributed by atoms with Gasteiger partial charge in [0.25, 0.3) is 0 Å². The predicted molar refractivity (Wildman–Crippen MR) is 202 cm³/mol. The number of benzene rings is 9. The summed E-state index contributed by atoms with van der Waals surface area (Å²) in [7, 11) is 0.